The first-order chi connectivity index (χ1) is 13.5. The van der Waals surface area contributed by atoms with Crippen molar-refractivity contribution >= 4 is 0 Å². The second-order valence-corrected chi connectivity index (χ2v) is 7.79. The van der Waals surface area contributed by atoms with Crippen molar-refractivity contribution in [1.29, 1.82) is 0 Å². The molecule has 2 N–H and O–H groups in total. The molecule has 2 aromatic rings. The van der Waals surface area contributed by atoms with E-state index in [0.29, 0.717) is 6.54 Å². The van der Waals surface area contributed by atoms with E-state index in [-0.39, 0.29) is 12.6 Å². The standard InChI is InChI=1S/C24H30N2O2/c1-24(2,28)13-12-23(26-16-14-25(15-17-26)18-19-27)22-11-7-6-10-21(22)20-8-4-3-5-9-20/h3-11,23,27-28H,14-19H2,1-2H3/t23-/m1/s1. The van der Waals surface area contributed by atoms with Crippen molar-refractivity contribution in [3.8, 4) is 23.0 Å². The number of aliphatic hydroxyl groups is 2. The molecule has 1 aliphatic heterocycles. The van der Waals surface area contributed by atoms with E-state index in [2.05, 4.69) is 70.2 Å². The van der Waals surface area contributed by atoms with Gasteiger partial charge in [0.15, 0.2) is 0 Å². The molecule has 0 radical (unpaired) electrons. The fraction of sp³-hybridized carbons (Fsp3) is 0.417. The van der Waals surface area contributed by atoms with Gasteiger partial charge >= 0.3 is 0 Å². The number of aliphatic hydroxyl groups excluding tert-OH is 1. The quantitative estimate of drug-likeness (QED) is 0.786. The van der Waals surface area contributed by atoms with Crippen LogP contribution < -0.4 is 0 Å². The Kier molecular flexibility index (Phi) is 6.88. The largest absolute Gasteiger partial charge is 0.395 e. The Morgan fingerprint density at radius 3 is 2.25 bits per heavy atom. The number of nitrogens with zero attached hydrogens (tertiary/aromatic N) is 2. The van der Waals surface area contributed by atoms with Gasteiger partial charge in [-0.15, -0.1) is 0 Å². The summed E-state index contributed by atoms with van der Waals surface area (Å²) >= 11 is 0. The Labute approximate surface area is 168 Å². The van der Waals surface area contributed by atoms with Crippen LogP contribution in [0.2, 0.25) is 0 Å². The molecule has 0 unspecified atom stereocenters. The Hall–Kier alpha value is -2.16. The summed E-state index contributed by atoms with van der Waals surface area (Å²) in [6, 6.07) is 18.7. The average Bonchev–Trinajstić information content (AvgIpc) is 2.70. The lowest BCUT2D eigenvalue weighted by atomic mass is 9.93. The summed E-state index contributed by atoms with van der Waals surface area (Å²) in [5.74, 6) is 6.40. The normalized spacial score (nSPS) is 17.0. The van der Waals surface area contributed by atoms with Gasteiger partial charge in [-0.3, -0.25) is 9.80 Å². The Balaban J connectivity index is 1.96. The van der Waals surface area contributed by atoms with Crippen molar-refractivity contribution in [2.75, 3.05) is 39.3 Å². The molecule has 0 saturated carbocycles. The monoisotopic (exact) mass is 378 g/mol. The van der Waals surface area contributed by atoms with Gasteiger partial charge in [-0.2, -0.15) is 0 Å². The van der Waals surface area contributed by atoms with Crippen LogP contribution in [0.25, 0.3) is 11.1 Å². The zero-order chi connectivity index (χ0) is 20.0. The van der Waals surface area contributed by atoms with E-state index < -0.39 is 5.60 Å². The van der Waals surface area contributed by atoms with Crippen LogP contribution in [0.15, 0.2) is 54.6 Å². The van der Waals surface area contributed by atoms with Crippen LogP contribution in [0.5, 0.6) is 0 Å². The van der Waals surface area contributed by atoms with Crippen LogP contribution in [0.3, 0.4) is 0 Å². The summed E-state index contributed by atoms with van der Waals surface area (Å²) in [6.45, 7) is 7.94. The molecular weight excluding hydrogens is 348 g/mol. The maximum Gasteiger partial charge on any atom is 0.120 e. The van der Waals surface area contributed by atoms with Crippen LogP contribution in [0.4, 0.5) is 0 Å². The molecule has 0 spiro atoms. The van der Waals surface area contributed by atoms with Gasteiger partial charge in [0.1, 0.15) is 5.60 Å². The number of hydrogen-bond acceptors (Lipinski definition) is 4. The molecule has 148 valence electrons. The van der Waals surface area contributed by atoms with Crippen LogP contribution in [0, 0.1) is 11.8 Å². The van der Waals surface area contributed by atoms with E-state index in [1.54, 1.807) is 13.8 Å². The highest BCUT2D eigenvalue weighted by atomic mass is 16.3. The van der Waals surface area contributed by atoms with Gasteiger partial charge in [-0.05, 0) is 30.5 Å². The third-order valence-electron chi connectivity index (χ3n) is 5.04. The third kappa shape index (κ3) is 5.43. The Bertz CT molecular complexity index is 810. The molecule has 0 aliphatic carbocycles. The van der Waals surface area contributed by atoms with E-state index in [0.717, 1.165) is 26.2 Å². The second kappa shape index (κ2) is 9.36. The molecule has 4 heteroatoms. The molecule has 1 fully saturated rings. The predicted octanol–water partition coefficient (Wildman–Crippen LogP) is 2.78. The molecule has 1 atom stereocenters. The second-order valence-electron chi connectivity index (χ2n) is 7.79. The minimum absolute atomic E-state index is 0.0842. The van der Waals surface area contributed by atoms with Crippen LogP contribution in [-0.4, -0.2) is 64.9 Å². The van der Waals surface area contributed by atoms with Gasteiger partial charge in [0.25, 0.3) is 0 Å². The topological polar surface area (TPSA) is 46.9 Å². The lowest BCUT2D eigenvalue weighted by molar-refractivity contribution is 0.0982. The zero-order valence-electron chi connectivity index (χ0n) is 16.8. The highest BCUT2D eigenvalue weighted by Crippen LogP contribution is 2.32. The molecule has 2 aromatic carbocycles. The minimum Gasteiger partial charge on any atom is -0.395 e. The van der Waals surface area contributed by atoms with Crippen molar-refractivity contribution in [3.05, 3.63) is 60.2 Å². The number of benzene rings is 2. The van der Waals surface area contributed by atoms with E-state index in [1.165, 1.54) is 16.7 Å². The van der Waals surface area contributed by atoms with Crippen molar-refractivity contribution in [3.63, 3.8) is 0 Å². The minimum atomic E-state index is -1.03. The highest BCUT2D eigenvalue weighted by Gasteiger charge is 2.26. The highest BCUT2D eigenvalue weighted by molar-refractivity contribution is 5.68. The molecular formula is C24H30N2O2. The summed E-state index contributed by atoms with van der Waals surface area (Å²) in [4.78, 5) is 4.66. The first-order valence-corrected chi connectivity index (χ1v) is 9.94. The number of rotatable bonds is 5. The number of piperazine rings is 1. The van der Waals surface area contributed by atoms with E-state index in [1.807, 2.05) is 6.07 Å². The van der Waals surface area contributed by atoms with Gasteiger partial charge in [0, 0.05) is 32.7 Å². The molecule has 3 rings (SSSR count). The van der Waals surface area contributed by atoms with Gasteiger partial charge in [-0.1, -0.05) is 66.4 Å². The molecule has 4 nitrogen and oxygen atoms in total. The summed E-state index contributed by atoms with van der Waals surface area (Å²) in [6.07, 6.45) is 0. The Morgan fingerprint density at radius 2 is 1.61 bits per heavy atom. The third-order valence-corrected chi connectivity index (χ3v) is 5.04. The van der Waals surface area contributed by atoms with Crippen molar-refractivity contribution in [1.82, 2.24) is 9.80 Å². The number of hydrogen-bond donors (Lipinski definition) is 2. The van der Waals surface area contributed by atoms with Crippen LogP contribution in [-0.2, 0) is 0 Å². The molecule has 28 heavy (non-hydrogen) atoms. The fourth-order valence-electron chi connectivity index (χ4n) is 3.61. The molecule has 1 heterocycles. The summed E-state index contributed by atoms with van der Waals surface area (Å²) in [7, 11) is 0. The lowest BCUT2D eigenvalue weighted by Gasteiger charge is -2.38. The maximum atomic E-state index is 10.2. The molecule has 1 aliphatic rings. The molecule has 0 bridgehead atoms. The predicted molar refractivity (Wildman–Crippen MR) is 114 cm³/mol. The maximum absolute atomic E-state index is 10.2. The van der Waals surface area contributed by atoms with Crippen LogP contribution >= 0.6 is 0 Å². The first kappa shape index (κ1) is 20.6. The summed E-state index contributed by atoms with van der Waals surface area (Å²) in [5, 5.41) is 19.4. The van der Waals surface area contributed by atoms with Gasteiger partial charge in [-0.25, -0.2) is 0 Å². The molecule has 0 aromatic heterocycles. The Morgan fingerprint density at radius 1 is 0.964 bits per heavy atom. The van der Waals surface area contributed by atoms with Gasteiger partial charge in [0.05, 0.1) is 12.6 Å². The van der Waals surface area contributed by atoms with Crippen molar-refractivity contribution in [2.24, 2.45) is 0 Å². The fourth-order valence-corrected chi connectivity index (χ4v) is 3.61. The smallest absolute Gasteiger partial charge is 0.120 e. The molecule has 0 amide bonds. The van der Waals surface area contributed by atoms with E-state index in [4.69, 9.17) is 0 Å². The van der Waals surface area contributed by atoms with Crippen LogP contribution in [0.1, 0.15) is 25.5 Å². The zero-order valence-corrected chi connectivity index (χ0v) is 16.8. The first-order valence-electron chi connectivity index (χ1n) is 9.94. The van der Waals surface area contributed by atoms with Crippen molar-refractivity contribution in [2.45, 2.75) is 25.5 Å². The lowest BCUT2D eigenvalue weighted by Crippen LogP contribution is -2.48. The molecule has 1 saturated heterocycles. The van der Waals surface area contributed by atoms with E-state index >= 15 is 0 Å². The summed E-state index contributed by atoms with van der Waals surface area (Å²) < 4.78 is 0. The van der Waals surface area contributed by atoms with Gasteiger partial charge in [0.2, 0.25) is 0 Å². The van der Waals surface area contributed by atoms with Gasteiger partial charge < -0.3 is 10.2 Å². The average molecular weight is 379 g/mol. The number of β-amino-alcohol motifs (C(OH)–C–C–N with tert-alkyl or cyclic N) is 1. The SMILES string of the molecule is CC(C)(O)C#C[C@H](c1ccccc1-c1ccccc1)N1CCN(CCO)CC1. The summed E-state index contributed by atoms with van der Waals surface area (Å²) in [5.41, 5.74) is 2.49. The van der Waals surface area contributed by atoms with Crippen molar-refractivity contribution < 1.29 is 10.2 Å². The van der Waals surface area contributed by atoms with E-state index in [9.17, 15) is 10.2 Å².